The highest BCUT2D eigenvalue weighted by atomic mass is 31.2. The maximum Gasteiger partial charge on any atom is 0.472 e. The average Bonchev–Trinajstić information content (AvgIpc) is 3.14. The highest BCUT2D eigenvalue weighted by molar-refractivity contribution is 7.47. The van der Waals surface area contributed by atoms with Crippen LogP contribution in [0.1, 0.15) is 129 Å². The molecule has 0 aliphatic carbocycles. The molecule has 0 aliphatic rings. The van der Waals surface area contributed by atoms with Crippen molar-refractivity contribution >= 4 is 19.8 Å². The van der Waals surface area contributed by atoms with Gasteiger partial charge >= 0.3 is 19.8 Å². The fourth-order valence-electron chi connectivity index (χ4n) is 4.56. The molecule has 0 rings (SSSR count). The van der Waals surface area contributed by atoms with E-state index in [1.807, 2.05) is 6.08 Å². The normalized spacial score (nSPS) is 14.4. The first kappa shape index (κ1) is 49.9. The Morgan fingerprint density at radius 3 is 1.53 bits per heavy atom. The van der Waals surface area contributed by atoms with E-state index in [9.17, 15) is 19.0 Å². The lowest BCUT2D eigenvalue weighted by Gasteiger charge is -2.19. The van der Waals surface area contributed by atoms with Gasteiger partial charge in [0.25, 0.3) is 0 Å². The highest BCUT2D eigenvalue weighted by Crippen LogP contribution is 2.43. The van der Waals surface area contributed by atoms with Gasteiger partial charge < -0.3 is 20.1 Å². The second kappa shape index (κ2) is 38.6. The molecule has 2 unspecified atom stereocenters. The molecule has 53 heavy (non-hydrogen) atoms. The Balaban J connectivity index is 4.40. The van der Waals surface area contributed by atoms with Crippen molar-refractivity contribution < 1.29 is 37.6 Å². The van der Waals surface area contributed by atoms with Crippen LogP contribution < -0.4 is 5.73 Å². The number of hydrogen-bond donors (Lipinski definition) is 2. The Bertz CT molecular complexity index is 1180. The van der Waals surface area contributed by atoms with Gasteiger partial charge in [-0.3, -0.25) is 18.6 Å². The quantitative estimate of drug-likeness (QED) is 0.0280. The molecule has 0 saturated carbocycles. The first-order chi connectivity index (χ1) is 25.8. The van der Waals surface area contributed by atoms with E-state index in [1.54, 1.807) is 0 Å². The van der Waals surface area contributed by atoms with Gasteiger partial charge in [-0.15, -0.1) is 0 Å². The fourth-order valence-corrected chi connectivity index (χ4v) is 5.32. The van der Waals surface area contributed by atoms with E-state index in [0.29, 0.717) is 12.8 Å². The summed E-state index contributed by atoms with van der Waals surface area (Å²) >= 11 is 0. The van der Waals surface area contributed by atoms with Crippen LogP contribution in [0.3, 0.4) is 0 Å². The van der Waals surface area contributed by atoms with Crippen LogP contribution in [0, 0.1) is 0 Å². The summed E-state index contributed by atoms with van der Waals surface area (Å²) in [4.78, 5) is 34.7. The number of allylic oxidation sites excluding steroid dienone is 16. The van der Waals surface area contributed by atoms with Gasteiger partial charge in [0.05, 0.1) is 13.2 Å². The van der Waals surface area contributed by atoms with Gasteiger partial charge in [0.1, 0.15) is 6.61 Å². The van der Waals surface area contributed by atoms with Crippen molar-refractivity contribution in [2.75, 3.05) is 26.4 Å². The van der Waals surface area contributed by atoms with E-state index < -0.39 is 32.5 Å². The van der Waals surface area contributed by atoms with Gasteiger partial charge in [-0.1, -0.05) is 124 Å². The molecule has 0 amide bonds. The summed E-state index contributed by atoms with van der Waals surface area (Å²) < 4.78 is 32.6. The molecule has 0 bridgehead atoms. The Kier molecular flexibility index (Phi) is 36.4. The first-order valence-electron chi connectivity index (χ1n) is 19.7. The summed E-state index contributed by atoms with van der Waals surface area (Å²) in [7, 11) is -4.40. The van der Waals surface area contributed by atoms with E-state index >= 15 is 0 Å². The molecule has 300 valence electrons. The zero-order valence-corrected chi connectivity index (χ0v) is 33.6. The van der Waals surface area contributed by atoms with Crippen LogP contribution in [0.5, 0.6) is 0 Å². The smallest absolute Gasteiger partial charge is 0.462 e. The minimum Gasteiger partial charge on any atom is -0.462 e. The van der Waals surface area contributed by atoms with Gasteiger partial charge in [-0.05, 0) is 89.9 Å². The summed E-state index contributed by atoms with van der Waals surface area (Å²) in [6.07, 6.45) is 48.8. The number of nitrogens with two attached hydrogens (primary N) is 1. The van der Waals surface area contributed by atoms with Crippen molar-refractivity contribution in [2.24, 2.45) is 5.73 Å². The number of phosphoric acid groups is 1. The minimum absolute atomic E-state index is 0.0336. The molecule has 0 aromatic rings. The van der Waals surface area contributed by atoms with Crippen molar-refractivity contribution in [3.05, 3.63) is 97.2 Å². The number of unbranched alkanes of at least 4 members (excludes halogenated alkanes) is 6. The Morgan fingerprint density at radius 2 is 1.04 bits per heavy atom. The monoisotopic (exact) mass is 759 g/mol. The second-order valence-corrected chi connectivity index (χ2v) is 13.9. The van der Waals surface area contributed by atoms with Gasteiger partial charge in [0, 0.05) is 19.4 Å². The van der Waals surface area contributed by atoms with Crippen LogP contribution in [0.2, 0.25) is 0 Å². The molecular formula is C43H70NO8P. The maximum absolute atomic E-state index is 12.5. The lowest BCUT2D eigenvalue weighted by Crippen LogP contribution is -2.29. The van der Waals surface area contributed by atoms with E-state index in [2.05, 4.69) is 105 Å². The van der Waals surface area contributed by atoms with Gasteiger partial charge in [-0.2, -0.15) is 0 Å². The molecule has 0 aromatic heterocycles. The topological polar surface area (TPSA) is 134 Å². The third kappa shape index (κ3) is 38.5. The Hall–Kier alpha value is -3.07. The summed E-state index contributed by atoms with van der Waals surface area (Å²) in [5.41, 5.74) is 5.33. The van der Waals surface area contributed by atoms with Crippen molar-refractivity contribution in [1.29, 1.82) is 0 Å². The fraction of sp³-hybridized carbons (Fsp3) is 0.581. The van der Waals surface area contributed by atoms with Gasteiger partial charge in [0.2, 0.25) is 0 Å². The number of carbonyl (C=O) groups excluding carboxylic acids is 2. The standard InChI is InChI=1S/C43H70NO8P/c1-3-5-7-9-11-13-15-17-19-20-22-23-25-27-29-31-33-35-42(45)49-39-41(40-51-53(47,48)50-38-37-44)52-43(46)36-34-32-30-28-26-24-21-18-16-14-12-10-8-6-4-2/h6,8,11-14,17-19,21-23,26-29,41H,3-5,7,9-10,15-16,20,24-25,30-40,44H2,1-2H3,(H,47,48). The molecule has 0 aromatic carbocycles. The molecule has 2 atom stereocenters. The van der Waals surface area contributed by atoms with Crippen LogP contribution >= 0.6 is 7.82 Å². The SMILES string of the molecule is CCC=CCC=CCC=CCC=CCCCCC(=O)OC(COC(=O)CCCC=CCC=CCC=CCC=CCCCCC)COP(=O)(O)OCCN. The van der Waals surface area contributed by atoms with Crippen molar-refractivity contribution in [3.63, 3.8) is 0 Å². The first-order valence-corrected chi connectivity index (χ1v) is 21.2. The lowest BCUT2D eigenvalue weighted by atomic mass is 10.2. The summed E-state index contributed by atoms with van der Waals surface area (Å²) in [5.74, 6) is -0.956. The molecule has 0 fully saturated rings. The summed E-state index contributed by atoms with van der Waals surface area (Å²) in [6, 6.07) is 0. The van der Waals surface area contributed by atoms with Gasteiger partial charge in [0.15, 0.2) is 6.10 Å². The molecular weight excluding hydrogens is 689 g/mol. The average molecular weight is 760 g/mol. The van der Waals surface area contributed by atoms with Crippen LogP contribution in [-0.2, 0) is 32.7 Å². The molecule has 0 spiro atoms. The Labute approximate surface area is 321 Å². The van der Waals surface area contributed by atoms with Crippen LogP contribution in [0.25, 0.3) is 0 Å². The molecule has 0 radical (unpaired) electrons. The second-order valence-electron chi connectivity index (χ2n) is 12.4. The predicted octanol–water partition coefficient (Wildman–Crippen LogP) is 11.0. The van der Waals surface area contributed by atoms with Crippen molar-refractivity contribution in [3.8, 4) is 0 Å². The Morgan fingerprint density at radius 1 is 0.585 bits per heavy atom. The highest BCUT2D eigenvalue weighted by Gasteiger charge is 2.25. The van der Waals surface area contributed by atoms with Crippen molar-refractivity contribution in [2.45, 2.75) is 136 Å². The lowest BCUT2D eigenvalue weighted by molar-refractivity contribution is -0.161. The van der Waals surface area contributed by atoms with Crippen molar-refractivity contribution in [1.82, 2.24) is 0 Å². The molecule has 9 nitrogen and oxygen atoms in total. The molecule has 0 saturated heterocycles. The minimum atomic E-state index is -4.40. The van der Waals surface area contributed by atoms with Crippen LogP contribution in [0.4, 0.5) is 0 Å². The number of carbonyl (C=O) groups is 2. The number of esters is 2. The number of rotatable bonds is 35. The van der Waals surface area contributed by atoms with Gasteiger partial charge in [-0.25, -0.2) is 4.57 Å². The van der Waals surface area contributed by atoms with E-state index in [4.69, 9.17) is 24.3 Å². The van der Waals surface area contributed by atoms with Crippen LogP contribution in [0.15, 0.2) is 97.2 Å². The third-order valence-corrected chi connectivity index (χ3v) is 8.44. The molecule has 0 aliphatic heterocycles. The number of ether oxygens (including phenoxy) is 2. The number of hydrogen-bond acceptors (Lipinski definition) is 8. The zero-order valence-electron chi connectivity index (χ0n) is 32.7. The molecule has 0 heterocycles. The van der Waals surface area contributed by atoms with E-state index in [1.165, 1.54) is 25.7 Å². The predicted molar refractivity (Wildman–Crippen MR) is 219 cm³/mol. The number of phosphoric ester groups is 1. The van der Waals surface area contributed by atoms with E-state index in [-0.39, 0.29) is 32.6 Å². The van der Waals surface area contributed by atoms with E-state index in [0.717, 1.165) is 64.2 Å². The maximum atomic E-state index is 12.5. The molecule has 10 heteroatoms. The third-order valence-electron chi connectivity index (χ3n) is 7.45. The molecule has 3 N–H and O–H groups in total. The summed E-state index contributed by atoms with van der Waals surface area (Å²) in [5, 5.41) is 0. The zero-order chi connectivity index (χ0) is 38.9. The largest absolute Gasteiger partial charge is 0.472 e. The summed E-state index contributed by atoms with van der Waals surface area (Å²) in [6.45, 7) is 3.44. The van der Waals surface area contributed by atoms with Crippen LogP contribution in [-0.4, -0.2) is 49.3 Å².